The van der Waals surface area contributed by atoms with Crippen LogP contribution < -0.4 is 5.73 Å². The average molecular weight is 305 g/mol. The van der Waals surface area contributed by atoms with Crippen LogP contribution >= 0.6 is 0 Å². The van der Waals surface area contributed by atoms with E-state index >= 15 is 0 Å². The van der Waals surface area contributed by atoms with Gasteiger partial charge in [-0.05, 0) is 53.5 Å². The smallest absolute Gasteiger partial charge is 0.0397 e. The number of anilines is 1. The molecule has 0 aliphatic carbocycles. The Morgan fingerprint density at radius 1 is 1.00 bits per heavy atom. The van der Waals surface area contributed by atoms with Crippen LogP contribution in [0.1, 0.15) is 11.1 Å². The molecule has 3 nitrogen and oxygen atoms in total. The molecule has 2 N–H and O–H groups in total. The molecule has 0 amide bonds. The van der Waals surface area contributed by atoms with Crippen molar-refractivity contribution in [2.24, 2.45) is 0 Å². The van der Waals surface area contributed by atoms with Gasteiger partial charge in [-0.15, -0.1) is 0 Å². The zero-order valence-electron chi connectivity index (χ0n) is 13.8. The van der Waals surface area contributed by atoms with Crippen LogP contribution in [0, 0.1) is 0 Å². The Hall–Kier alpha value is -2.10. The van der Waals surface area contributed by atoms with Gasteiger partial charge < -0.3 is 10.6 Å². The topological polar surface area (TPSA) is 32.5 Å². The Kier molecular flexibility index (Phi) is 3.47. The van der Waals surface area contributed by atoms with E-state index in [0.717, 1.165) is 31.9 Å². The molecule has 0 saturated heterocycles. The highest BCUT2D eigenvalue weighted by molar-refractivity contribution is 6.08. The van der Waals surface area contributed by atoms with Crippen molar-refractivity contribution in [2.45, 2.75) is 13.1 Å². The van der Waals surface area contributed by atoms with Crippen LogP contribution in [0.15, 0.2) is 42.5 Å². The summed E-state index contributed by atoms with van der Waals surface area (Å²) in [6.07, 6.45) is 0. The molecule has 0 saturated carbocycles. The molecule has 0 radical (unpaired) electrons. The molecular formula is C20H23N3. The number of hydrogen-bond acceptors (Lipinski definition) is 3. The van der Waals surface area contributed by atoms with Gasteiger partial charge in [-0.25, -0.2) is 0 Å². The maximum absolute atomic E-state index is 6.34. The third kappa shape index (κ3) is 2.46. The van der Waals surface area contributed by atoms with Crippen molar-refractivity contribution in [1.29, 1.82) is 0 Å². The lowest BCUT2D eigenvalue weighted by Gasteiger charge is -2.31. The molecule has 0 atom stereocenters. The minimum absolute atomic E-state index is 0.892. The van der Waals surface area contributed by atoms with Crippen LogP contribution in [0.5, 0.6) is 0 Å². The molecule has 1 aliphatic rings. The molecule has 1 aliphatic heterocycles. The molecule has 23 heavy (non-hydrogen) atoms. The summed E-state index contributed by atoms with van der Waals surface area (Å²) in [4.78, 5) is 4.77. The summed E-state index contributed by atoms with van der Waals surface area (Å²) >= 11 is 0. The molecule has 118 valence electrons. The molecule has 0 spiro atoms. The van der Waals surface area contributed by atoms with Crippen molar-refractivity contribution in [3.8, 4) is 0 Å². The summed E-state index contributed by atoms with van der Waals surface area (Å²) in [6, 6.07) is 15.2. The molecule has 0 fully saturated rings. The summed E-state index contributed by atoms with van der Waals surface area (Å²) in [5.74, 6) is 0. The summed E-state index contributed by atoms with van der Waals surface area (Å²) in [6.45, 7) is 4.15. The molecule has 0 unspecified atom stereocenters. The fraction of sp³-hybridized carbons (Fsp3) is 0.300. The maximum atomic E-state index is 6.34. The number of fused-ring (bicyclic) bond motifs is 2. The number of nitrogens with zero attached hydrogens (tertiary/aromatic N) is 2. The molecule has 0 aromatic heterocycles. The number of hydrogen-bond donors (Lipinski definition) is 1. The predicted octanol–water partition coefficient (Wildman–Crippen LogP) is 3.45. The fourth-order valence-corrected chi connectivity index (χ4v) is 3.77. The van der Waals surface area contributed by atoms with Gasteiger partial charge in [-0.2, -0.15) is 0 Å². The molecule has 1 heterocycles. The lowest BCUT2D eigenvalue weighted by atomic mass is 9.90. The standard InChI is InChI=1S/C20H23N3/c1-22(2)9-10-23-12-16-7-3-5-14-11-15-6-4-8-18(21)20(15)17(13-23)19(14)16/h3-8,11H,9-10,12-13,21H2,1-2H3. The van der Waals surface area contributed by atoms with Crippen molar-refractivity contribution in [3.05, 3.63) is 53.6 Å². The largest absolute Gasteiger partial charge is 0.398 e. The number of rotatable bonds is 3. The van der Waals surface area contributed by atoms with Crippen LogP contribution in [0.25, 0.3) is 21.5 Å². The normalized spacial score (nSPS) is 14.9. The zero-order valence-corrected chi connectivity index (χ0v) is 13.8. The Morgan fingerprint density at radius 2 is 1.74 bits per heavy atom. The summed E-state index contributed by atoms with van der Waals surface area (Å²) in [5, 5.41) is 5.24. The summed E-state index contributed by atoms with van der Waals surface area (Å²) in [5.41, 5.74) is 10.1. The van der Waals surface area contributed by atoms with Gasteiger partial charge in [0.15, 0.2) is 0 Å². The average Bonchev–Trinajstić information content (AvgIpc) is 2.53. The van der Waals surface area contributed by atoms with E-state index in [1.54, 1.807) is 0 Å². The van der Waals surface area contributed by atoms with Crippen molar-refractivity contribution < 1.29 is 0 Å². The van der Waals surface area contributed by atoms with E-state index in [2.05, 4.69) is 54.2 Å². The van der Waals surface area contributed by atoms with Gasteiger partial charge in [-0.3, -0.25) is 4.90 Å². The van der Waals surface area contributed by atoms with Gasteiger partial charge in [0.1, 0.15) is 0 Å². The Labute approximate surface area is 137 Å². The highest BCUT2D eigenvalue weighted by atomic mass is 15.2. The minimum Gasteiger partial charge on any atom is -0.398 e. The first kappa shape index (κ1) is 14.5. The fourth-order valence-electron chi connectivity index (χ4n) is 3.77. The second-order valence-electron chi connectivity index (χ2n) is 6.83. The zero-order chi connectivity index (χ0) is 16.0. The van der Waals surface area contributed by atoms with Gasteiger partial charge >= 0.3 is 0 Å². The molecule has 3 aromatic rings. The Morgan fingerprint density at radius 3 is 2.52 bits per heavy atom. The van der Waals surface area contributed by atoms with Gasteiger partial charge in [0.25, 0.3) is 0 Å². The Bertz CT molecular complexity index is 859. The third-order valence-electron chi connectivity index (χ3n) is 4.87. The van der Waals surface area contributed by atoms with Crippen molar-refractivity contribution in [2.75, 3.05) is 32.9 Å². The van der Waals surface area contributed by atoms with Crippen LogP contribution in [0.3, 0.4) is 0 Å². The van der Waals surface area contributed by atoms with E-state index in [9.17, 15) is 0 Å². The molecule has 3 aromatic carbocycles. The lowest BCUT2D eigenvalue weighted by molar-refractivity contribution is 0.224. The van der Waals surface area contributed by atoms with Crippen LogP contribution in [-0.2, 0) is 13.1 Å². The molecular weight excluding hydrogens is 282 g/mol. The highest BCUT2D eigenvalue weighted by Gasteiger charge is 2.21. The molecule has 0 bridgehead atoms. The number of likely N-dealkylation sites (N-methyl/N-ethyl adjacent to an activating group) is 1. The first-order valence-electron chi connectivity index (χ1n) is 8.22. The second kappa shape index (κ2) is 5.52. The SMILES string of the molecule is CN(C)CCN1Cc2cccc3cc4cccc(N)c4c(c23)C1. The summed E-state index contributed by atoms with van der Waals surface area (Å²) in [7, 11) is 4.26. The maximum Gasteiger partial charge on any atom is 0.0397 e. The van der Waals surface area contributed by atoms with E-state index in [0.29, 0.717) is 0 Å². The van der Waals surface area contributed by atoms with Crippen LogP contribution in [-0.4, -0.2) is 37.0 Å². The Balaban J connectivity index is 1.91. The van der Waals surface area contributed by atoms with E-state index in [1.165, 1.54) is 32.7 Å². The minimum atomic E-state index is 0.892. The molecule has 4 rings (SSSR count). The van der Waals surface area contributed by atoms with E-state index < -0.39 is 0 Å². The van der Waals surface area contributed by atoms with Crippen LogP contribution in [0.2, 0.25) is 0 Å². The number of benzene rings is 3. The lowest BCUT2D eigenvalue weighted by Crippen LogP contribution is -2.33. The first-order valence-corrected chi connectivity index (χ1v) is 8.22. The monoisotopic (exact) mass is 305 g/mol. The van der Waals surface area contributed by atoms with Gasteiger partial charge in [0.05, 0.1) is 0 Å². The van der Waals surface area contributed by atoms with Gasteiger partial charge in [-0.1, -0.05) is 30.3 Å². The predicted molar refractivity (Wildman–Crippen MR) is 98.5 cm³/mol. The van der Waals surface area contributed by atoms with Crippen molar-refractivity contribution in [1.82, 2.24) is 9.80 Å². The van der Waals surface area contributed by atoms with Crippen molar-refractivity contribution >= 4 is 27.2 Å². The van der Waals surface area contributed by atoms with Crippen LogP contribution in [0.4, 0.5) is 5.69 Å². The highest BCUT2D eigenvalue weighted by Crippen LogP contribution is 2.37. The van der Waals surface area contributed by atoms with E-state index in [4.69, 9.17) is 5.73 Å². The van der Waals surface area contributed by atoms with E-state index in [-0.39, 0.29) is 0 Å². The molecule has 3 heteroatoms. The third-order valence-corrected chi connectivity index (χ3v) is 4.87. The summed E-state index contributed by atoms with van der Waals surface area (Å²) < 4.78 is 0. The van der Waals surface area contributed by atoms with Gasteiger partial charge in [0, 0.05) is 37.3 Å². The van der Waals surface area contributed by atoms with Gasteiger partial charge in [0.2, 0.25) is 0 Å². The number of nitrogens with two attached hydrogens (primary N) is 1. The number of nitrogen functional groups attached to an aromatic ring is 1. The quantitative estimate of drug-likeness (QED) is 0.594. The first-order chi connectivity index (χ1) is 11.1. The van der Waals surface area contributed by atoms with E-state index in [1.807, 2.05) is 12.1 Å². The van der Waals surface area contributed by atoms with Crippen molar-refractivity contribution in [3.63, 3.8) is 0 Å². The second-order valence-corrected chi connectivity index (χ2v) is 6.83.